The van der Waals surface area contributed by atoms with Crippen LogP contribution in [0.3, 0.4) is 0 Å². The highest BCUT2D eigenvalue weighted by atomic mass is 127. The molecule has 14 heavy (non-hydrogen) atoms. The van der Waals surface area contributed by atoms with Gasteiger partial charge >= 0.3 is 0 Å². The first kappa shape index (κ1) is 11.9. The Balaban J connectivity index is 2.54. The van der Waals surface area contributed by atoms with Gasteiger partial charge in [-0.25, -0.2) is 0 Å². The monoisotopic (exact) mass is 306 g/mol. The summed E-state index contributed by atoms with van der Waals surface area (Å²) in [5.41, 5.74) is 0.958. The van der Waals surface area contributed by atoms with E-state index in [1.165, 1.54) is 0 Å². The fourth-order valence-electron chi connectivity index (χ4n) is 1.28. The van der Waals surface area contributed by atoms with Crippen molar-refractivity contribution in [1.82, 2.24) is 0 Å². The Bertz CT molecular complexity index is 247. The van der Waals surface area contributed by atoms with Crippen molar-refractivity contribution >= 4 is 22.6 Å². The van der Waals surface area contributed by atoms with Crippen LogP contribution in [0.1, 0.15) is 18.1 Å². The van der Waals surface area contributed by atoms with Crippen LogP contribution in [-0.4, -0.2) is 22.7 Å². The first-order chi connectivity index (χ1) is 6.77. The van der Waals surface area contributed by atoms with E-state index in [0.29, 0.717) is 6.42 Å². The van der Waals surface area contributed by atoms with Crippen LogP contribution < -0.4 is 0 Å². The summed E-state index contributed by atoms with van der Waals surface area (Å²) in [7, 11) is 1.68. The van der Waals surface area contributed by atoms with Gasteiger partial charge in [0.15, 0.2) is 0 Å². The van der Waals surface area contributed by atoms with Gasteiger partial charge in [0.1, 0.15) is 0 Å². The number of benzene rings is 1. The Morgan fingerprint density at radius 1 is 1.36 bits per heavy atom. The Hall–Kier alpha value is -0.130. The second-order valence-electron chi connectivity index (χ2n) is 3.17. The molecule has 1 N–H and O–H groups in total. The molecule has 2 nitrogen and oxygen atoms in total. The average molecular weight is 306 g/mol. The maximum atomic E-state index is 9.87. The SMILES string of the molecule is CO[C@H](CI)C[C@@H](O)c1ccccc1. The lowest BCUT2D eigenvalue weighted by Gasteiger charge is -2.17. The van der Waals surface area contributed by atoms with Gasteiger partial charge in [0, 0.05) is 18.0 Å². The zero-order chi connectivity index (χ0) is 10.4. The third-order valence-electron chi connectivity index (χ3n) is 2.18. The zero-order valence-electron chi connectivity index (χ0n) is 8.19. The van der Waals surface area contributed by atoms with Gasteiger partial charge in [-0.05, 0) is 5.56 Å². The largest absolute Gasteiger partial charge is 0.388 e. The highest BCUT2D eigenvalue weighted by molar-refractivity contribution is 14.1. The van der Waals surface area contributed by atoms with Crippen LogP contribution in [-0.2, 0) is 4.74 Å². The smallest absolute Gasteiger partial charge is 0.0815 e. The van der Waals surface area contributed by atoms with Gasteiger partial charge < -0.3 is 9.84 Å². The maximum absolute atomic E-state index is 9.87. The minimum absolute atomic E-state index is 0.130. The number of rotatable bonds is 5. The molecule has 0 saturated carbocycles. The molecule has 0 unspecified atom stereocenters. The van der Waals surface area contributed by atoms with E-state index in [9.17, 15) is 5.11 Å². The predicted octanol–water partition coefficient (Wildman–Crippen LogP) is 2.56. The van der Waals surface area contributed by atoms with E-state index < -0.39 is 6.10 Å². The summed E-state index contributed by atoms with van der Waals surface area (Å²) in [6.07, 6.45) is 0.366. The average Bonchev–Trinajstić information content (AvgIpc) is 2.26. The molecule has 0 aliphatic carbocycles. The third-order valence-corrected chi connectivity index (χ3v) is 3.16. The quantitative estimate of drug-likeness (QED) is 0.669. The maximum Gasteiger partial charge on any atom is 0.0815 e. The van der Waals surface area contributed by atoms with Crippen molar-refractivity contribution in [3.8, 4) is 0 Å². The van der Waals surface area contributed by atoms with Crippen molar-refractivity contribution < 1.29 is 9.84 Å². The van der Waals surface area contributed by atoms with E-state index in [1.807, 2.05) is 30.3 Å². The molecular formula is C11H15IO2. The molecule has 1 aromatic rings. The number of aliphatic hydroxyl groups is 1. The third kappa shape index (κ3) is 3.55. The Morgan fingerprint density at radius 2 is 2.00 bits per heavy atom. The summed E-state index contributed by atoms with van der Waals surface area (Å²) in [5, 5.41) is 9.87. The standard InChI is InChI=1S/C11H15IO2/c1-14-10(8-12)7-11(13)9-5-3-2-4-6-9/h2-6,10-11,13H,7-8H2,1H3/t10-,11+/m0/s1. The second-order valence-corrected chi connectivity index (χ2v) is 4.05. The fraction of sp³-hybridized carbons (Fsp3) is 0.455. The van der Waals surface area contributed by atoms with Crippen LogP contribution >= 0.6 is 22.6 Å². The van der Waals surface area contributed by atoms with Crippen LogP contribution in [0.25, 0.3) is 0 Å². The molecule has 1 rings (SSSR count). The normalized spacial score (nSPS) is 15.1. The number of aliphatic hydroxyl groups excluding tert-OH is 1. The number of ether oxygens (including phenoxy) is 1. The van der Waals surface area contributed by atoms with Crippen LogP contribution in [0, 0.1) is 0 Å². The lowest BCUT2D eigenvalue weighted by Crippen LogP contribution is -2.16. The number of halogens is 1. The van der Waals surface area contributed by atoms with E-state index in [1.54, 1.807) is 7.11 Å². The summed E-state index contributed by atoms with van der Waals surface area (Å²) in [6.45, 7) is 0. The molecule has 0 radical (unpaired) electrons. The highest BCUT2D eigenvalue weighted by Gasteiger charge is 2.13. The molecule has 0 aliphatic heterocycles. The van der Waals surface area contributed by atoms with E-state index in [0.717, 1.165) is 9.99 Å². The number of alkyl halides is 1. The molecule has 1 aromatic carbocycles. The van der Waals surface area contributed by atoms with E-state index >= 15 is 0 Å². The second kappa shape index (κ2) is 6.37. The molecule has 3 heteroatoms. The summed E-state index contributed by atoms with van der Waals surface area (Å²) < 4.78 is 6.13. The summed E-state index contributed by atoms with van der Waals surface area (Å²) >= 11 is 2.27. The Kier molecular flexibility index (Phi) is 5.44. The van der Waals surface area contributed by atoms with Gasteiger partial charge in [-0.1, -0.05) is 52.9 Å². The summed E-state index contributed by atoms with van der Waals surface area (Å²) in [4.78, 5) is 0. The number of hydrogen-bond donors (Lipinski definition) is 1. The molecule has 0 spiro atoms. The summed E-state index contributed by atoms with van der Waals surface area (Å²) in [5.74, 6) is 0. The van der Waals surface area contributed by atoms with E-state index in [2.05, 4.69) is 22.6 Å². The molecule has 0 saturated heterocycles. The molecule has 0 aromatic heterocycles. The molecule has 78 valence electrons. The van der Waals surface area contributed by atoms with Crippen LogP contribution in [0.2, 0.25) is 0 Å². The topological polar surface area (TPSA) is 29.5 Å². The van der Waals surface area contributed by atoms with Gasteiger partial charge in [0.05, 0.1) is 12.2 Å². The molecule has 0 bridgehead atoms. The molecular weight excluding hydrogens is 291 g/mol. The lowest BCUT2D eigenvalue weighted by atomic mass is 10.0. The minimum atomic E-state index is -0.420. The fourth-order valence-corrected chi connectivity index (χ4v) is 2.00. The highest BCUT2D eigenvalue weighted by Crippen LogP contribution is 2.19. The van der Waals surface area contributed by atoms with Crippen LogP contribution in [0.15, 0.2) is 30.3 Å². The van der Waals surface area contributed by atoms with Crippen molar-refractivity contribution in [3.05, 3.63) is 35.9 Å². The zero-order valence-corrected chi connectivity index (χ0v) is 10.3. The van der Waals surface area contributed by atoms with Crippen LogP contribution in [0.5, 0.6) is 0 Å². The van der Waals surface area contributed by atoms with Crippen molar-refractivity contribution in [2.24, 2.45) is 0 Å². The van der Waals surface area contributed by atoms with E-state index in [4.69, 9.17) is 4.74 Å². The van der Waals surface area contributed by atoms with Crippen molar-refractivity contribution in [2.45, 2.75) is 18.6 Å². The van der Waals surface area contributed by atoms with Gasteiger partial charge in [-0.2, -0.15) is 0 Å². The first-order valence-electron chi connectivity index (χ1n) is 4.59. The molecule has 0 aliphatic rings. The van der Waals surface area contributed by atoms with E-state index in [-0.39, 0.29) is 6.10 Å². The number of methoxy groups -OCH3 is 1. The van der Waals surface area contributed by atoms with Crippen molar-refractivity contribution in [3.63, 3.8) is 0 Å². The van der Waals surface area contributed by atoms with Crippen molar-refractivity contribution in [1.29, 1.82) is 0 Å². The minimum Gasteiger partial charge on any atom is -0.388 e. The Labute approximate surface area is 98.4 Å². The Morgan fingerprint density at radius 3 is 2.50 bits per heavy atom. The van der Waals surface area contributed by atoms with Crippen molar-refractivity contribution in [2.75, 3.05) is 11.5 Å². The molecule has 2 atom stereocenters. The van der Waals surface area contributed by atoms with Gasteiger partial charge in [-0.3, -0.25) is 0 Å². The molecule has 0 heterocycles. The van der Waals surface area contributed by atoms with Gasteiger partial charge in [0.2, 0.25) is 0 Å². The number of hydrogen-bond acceptors (Lipinski definition) is 2. The molecule has 0 fully saturated rings. The van der Waals surface area contributed by atoms with Gasteiger partial charge in [-0.15, -0.1) is 0 Å². The van der Waals surface area contributed by atoms with Gasteiger partial charge in [0.25, 0.3) is 0 Å². The molecule has 0 amide bonds. The predicted molar refractivity (Wildman–Crippen MR) is 65.7 cm³/mol. The lowest BCUT2D eigenvalue weighted by molar-refractivity contribution is 0.0603. The summed E-state index contributed by atoms with van der Waals surface area (Å²) in [6, 6.07) is 9.69. The van der Waals surface area contributed by atoms with Crippen LogP contribution in [0.4, 0.5) is 0 Å². The first-order valence-corrected chi connectivity index (χ1v) is 6.12.